The zero-order chi connectivity index (χ0) is 23.4. The summed E-state index contributed by atoms with van der Waals surface area (Å²) in [5.74, 6) is -1.17. The van der Waals surface area contributed by atoms with Gasteiger partial charge in [-0.05, 0) is 53.9 Å². The van der Waals surface area contributed by atoms with E-state index < -0.39 is 23.5 Å². The second kappa shape index (κ2) is 7.86. The number of alkyl carbamates (subject to hydrolysis) is 1. The van der Waals surface area contributed by atoms with E-state index >= 15 is 0 Å². The Morgan fingerprint density at radius 1 is 1.00 bits per heavy atom. The summed E-state index contributed by atoms with van der Waals surface area (Å²) in [7, 11) is 0. The zero-order valence-electron chi connectivity index (χ0n) is 18.9. The number of hydrogen-bond donors (Lipinski definition) is 2. The van der Waals surface area contributed by atoms with Crippen LogP contribution in [0.4, 0.5) is 4.79 Å². The average molecular weight is 461 g/mol. The Balaban J connectivity index is 1.11. The minimum absolute atomic E-state index is 0.0222. The summed E-state index contributed by atoms with van der Waals surface area (Å²) in [4.78, 5) is 39.5. The summed E-state index contributed by atoms with van der Waals surface area (Å²) in [5.41, 5.74) is 3.61. The Labute approximate surface area is 198 Å². The van der Waals surface area contributed by atoms with Crippen molar-refractivity contribution in [3.05, 3.63) is 59.7 Å². The molecule has 2 N–H and O–H groups in total. The number of fused-ring (bicyclic) bond motifs is 4. The number of ether oxygens (including phenoxy) is 1. The highest BCUT2D eigenvalue weighted by molar-refractivity contribution is 5.91. The average Bonchev–Trinajstić information content (AvgIpc) is 3.57. The van der Waals surface area contributed by atoms with E-state index in [-0.39, 0.29) is 30.4 Å². The van der Waals surface area contributed by atoms with Crippen molar-refractivity contribution in [3.63, 3.8) is 0 Å². The normalized spacial score (nSPS) is 28.7. The van der Waals surface area contributed by atoms with Gasteiger partial charge in [-0.1, -0.05) is 55.0 Å². The lowest BCUT2D eigenvalue weighted by Crippen LogP contribution is -2.57. The number of nitrogens with zero attached hydrogens (tertiary/aromatic N) is 1. The molecule has 7 rings (SSSR count). The zero-order valence-corrected chi connectivity index (χ0v) is 18.9. The highest BCUT2D eigenvalue weighted by Gasteiger charge is 2.63. The molecule has 2 aromatic rings. The molecule has 0 radical (unpaired) electrons. The van der Waals surface area contributed by atoms with E-state index in [0.717, 1.165) is 17.5 Å². The Morgan fingerprint density at radius 3 is 2.29 bits per heavy atom. The van der Waals surface area contributed by atoms with Gasteiger partial charge in [-0.3, -0.25) is 4.79 Å². The van der Waals surface area contributed by atoms with E-state index in [4.69, 9.17) is 4.74 Å². The van der Waals surface area contributed by atoms with Gasteiger partial charge in [0.15, 0.2) is 0 Å². The molecular formula is C27H28N2O5. The number of rotatable bonds is 5. The van der Waals surface area contributed by atoms with Crippen molar-refractivity contribution < 1.29 is 24.2 Å². The van der Waals surface area contributed by atoms with Gasteiger partial charge in [-0.15, -0.1) is 0 Å². The van der Waals surface area contributed by atoms with Gasteiger partial charge in [0, 0.05) is 18.5 Å². The van der Waals surface area contributed by atoms with Crippen molar-refractivity contribution in [2.75, 3.05) is 13.2 Å². The molecule has 2 heterocycles. The number of carbonyl (C=O) groups is 3. The van der Waals surface area contributed by atoms with Crippen molar-refractivity contribution in [1.82, 2.24) is 10.2 Å². The monoisotopic (exact) mass is 460 g/mol. The summed E-state index contributed by atoms with van der Waals surface area (Å²) in [6, 6.07) is 16.0. The second-order valence-corrected chi connectivity index (χ2v) is 10.2. The number of amides is 2. The summed E-state index contributed by atoms with van der Waals surface area (Å²) in [6.07, 6.45) is 2.74. The number of aliphatic carboxylic acids is 1. The lowest BCUT2D eigenvalue weighted by molar-refractivity contribution is -0.160. The molecule has 7 heteroatoms. The summed E-state index contributed by atoms with van der Waals surface area (Å²) >= 11 is 0. The first-order valence-corrected chi connectivity index (χ1v) is 12.1. The molecule has 0 aromatic heterocycles. The number of carboxylic acid groups (broad SMARTS) is 1. The molecule has 0 spiro atoms. The second-order valence-electron chi connectivity index (χ2n) is 10.2. The molecular weight excluding hydrogens is 432 g/mol. The summed E-state index contributed by atoms with van der Waals surface area (Å²) in [5, 5.41) is 12.6. The number of carboxylic acids is 1. The molecule has 7 nitrogen and oxygen atoms in total. The third-order valence-electron chi connectivity index (χ3n) is 8.35. The van der Waals surface area contributed by atoms with E-state index in [9.17, 15) is 19.5 Å². The van der Waals surface area contributed by atoms with Crippen molar-refractivity contribution >= 4 is 18.0 Å². The maximum Gasteiger partial charge on any atom is 0.407 e. The molecule has 2 bridgehead atoms. The number of benzene rings is 2. The molecule has 2 saturated carbocycles. The fourth-order valence-corrected chi connectivity index (χ4v) is 6.69. The van der Waals surface area contributed by atoms with Crippen LogP contribution in [0.5, 0.6) is 0 Å². The van der Waals surface area contributed by atoms with Crippen LogP contribution >= 0.6 is 0 Å². The van der Waals surface area contributed by atoms with Crippen LogP contribution in [0.15, 0.2) is 48.5 Å². The minimum atomic E-state index is -1.03. The Bertz CT molecular complexity index is 1130. The van der Waals surface area contributed by atoms with Crippen LogP contribution in [0, 0.1) is 11.8 Å². The van der Waals surface area contributed by atoms with E-state index in [2.05, 4.69) is 29.6 Å². The molecule has 5 aliphatic rings. The van der Waals surface area contributed by atoms with Crippen LogP contribution < -0.4 is 5.32 Å². The van der Waals surface area contributed by atoms with Crippen molar-refractivity contribution in [3.8, 4) is 11.1 Å². The minimum Gasteiger partial charge on any atom is -0.479 e. The third kappa shape index (κ3) is 3.13. The van der Waals surface area contributed by atoms with Gasteiger partial charge >= 0.3 is 12.1 Å². The molecule has 2 aromatic carbocycles. The quantitative estimate of drug-likeness (QED) is 0.708. The number of carbonyl (C=O) groups excluding carboxylic acids is 2. The number of hydrogen-bond acceptors (Lipinski definition) is 4. The third-order valence-corrected chi connectivity index (χ3v) is 8.35. The maximum atomic E-state index is 13.3. The highest BCUT2D eigenvalue weighted by Crippen LogP contribution is 2.52. The highest BCUT2D eigenvalue weighted by atomic mass is 16.5. The van der Waals surface area contributed by atoms with Crippen LogP contribution in [0.3, 0.4) is 0 Å². The fraction of sp³-hybridized carbons (Fsp3) is 0.444. The smallest absolute Gasteiger partial charge is 0.407 e. The summed E-state index contributed by atoms with van der Waals surface area (Å²) in [6.45, 7) is 0.737. The largest absolute Gasteiger partial charge is 0.479 e. The van der Waals surface area contributed by atoms with Crippen molar-refractivity contribution in [1.29, 1.82) is 0 Å². The molecule has 2 aliphatic heterocycles. The predicted molar refractivity (Wildman–Crippen MR) is 124 cm³/mol. The lowest BCUT2D eigenvalue weighted by Gasteiger charge is -2.39. The van der Waals surface area contributed by atoms with Gasteiger partial charge in [0.1, 0.15) is 12.1 Å². The van der Waals surface area contributed by atoms with E-state index in [1.165, 1.54) is 11.1 Å². The van der Waals surface area contributed by atoms with Crippen LogP contribution in [-0.4, -0.2) is 52.7 Å². The van der Waals surface area contributed by atoms with Gasteiger partial charge < -0.3 is 20.1 Å². The summed E-state index contributed by atoms with van der Waals surface area (Å²) < 4.78 is 5.67. The van der Waals surface area contributed by atoms with Crippen molar-refractivity contribution in [2.24, 2.45) is 11.8 Å². The van der Waals surface area contributed by atoms with E-state index in [1.807, 2.05) is 24.3 Å². The van der Waals surface area contributed by atoms with Gasteiger partial charge in [0.25, 0.3) is 0 Å². The Kier molecular flexibility index (Phi) is 4.90. The first-order chi connectivity index (χ1) is 16.5. The number of nitrogens with one attached hydrogen (secondary N) is 1. The van der Waals surface area contributed by atoms with Crippen LogP contribution in [0.25, 0.3) is 11.1 Å². The predicted octanol–water partition coefficient (Wildman–Crippen LogP) is 3.77. The molecule has 3 aliphatic carbocycles. The fourth-order valence-electron chi connectivity index (χ4n) is 6.69. The lowest BCUT2D eigenvalue weighted by atomic mass is 9.73. The Hall–Kier alpha value is -3.35. The van der Waals surface area contributed by atoms with Crippen LogP contribution in [0.1, 0.15) is 49.1 Å². The molecule has 0 unspecified atom stereocenters. The molecule has 4 fully saturated rings. The van der Waals surface area contributed by atoms with Gasteiger partial charge in [-0.2, -0.15) is 0 Å². The first kappa shape index (κ1) is 21.2. The van der Waals surface area contributed by atoms with Gasteiger partial charge in [-0.25, -0.2) is 9.59 Å². The maximum absolute atomic E-state index is 13.3. The van der Waals surface area contributed by atoms with E-state index in [0.29, 0.717) is 32.2 Å². The molecule has 176 valence electrons. The van der Waals surface area contributed by atoms with Gasteiger partial charge in [0.2, 0.25) is 5.91 Å². The topological polar surface area (TPSA) is 95.9 Å². The van der Waals surface area contributed by atoms with E-state index in [1.54, 1.807) is 4.90 Å². The standard InChI is InChI=1S/C27H28N2O5/c30-24(29-14-16-12-27(29,13-16)25(31)32)21-10-5-11-23(21)28-26(33)34-15-22-19-8-3-1-6-17(19)18-7-2-4-9-20(18)22/h1-4,6-9,16,21-23H,5,10-15H2,(H,28,33)(H,31,32)/t16?,21-,23+,27?/m0/s1. The van der Waals surface area contributed by atoms with Crippen molar-refractivity contribution in [2.45, 2.75) is 49.6 Å². The van der Waals surface area contributed by atoms with Gasteiger partial charge in [0.05, 0.1) is 5.92 Å². The van der Waals surface area contributed by atoms with Crippen LogP contribution in [0.2, 0.25) is 0 Å². The first-order valence-electron chi connectivity index (χ1n) is 12.1. The van der Waals surface area contributed by atoms with Crippen LogP contribution in [-0.2, 0) is 14.3 Å². The molecule has 2 amide bonds. The SMILES string of the molecule is O=C(N[C@@H]1CCC[C@@H]1C(=O)N1CC2CC1(C(=O)O)C2)OCC1c2ccccc2-c2ccccc21. The molecule has 2 saturated heterocycles. The Morgan fingerprint density at radius 2 is 1.65 bits per heavy atom. The molecule has 34 heavy (non-hydrogen) atoms. The molecule has 2 atom stereocenters.